The molecule has 0 aromatic heterocycles. The number of nitrogens with one attached hydrogen (secondary N) is 1. The van der Waals surface area contributed by atoms with Crippen molar-refractivity contribution in [3.8, 4) is 0 Å². The summed E-state index contributed by atoms with van der Waals surface area (Å²) in [6.45, 7) is 6.95. The van der Waals surface area contributed by atoms with E-state index in [9.17, 15) is 0 Å². The summed E-state index contributed by atoms with van der Waals surface area (Å²) in [6, 6.07) is 7.90. The summed E-state index contributed by atoms with van der Waals surface area (Å²) in [5.74, 6) is 6.06. The third-order valence-corrected chi connectivity index (χ3v) is 3.39. The fourth-order valence-electron chi connectivity index (χ4n) is 2.14. The van der Waals surface area contributed by atoms with Gasteiger partial charge in [-0.3, -0.25) is 11.3 Å². The Balaban J connectivity index is 2.79. The van der Waals surface area contributed by atoms with E-state index in [4.69, 9.17) is 22.2 Å². The molecular weight excluding hydrogens is 248 g/mol. The maximum absolute atomic E-state index is 6.18. The molecule has 1 aromatic carbocycles. The summed E-state index contributed by atoms with van der Waals surface area (Å²) in [7, 11) is 0. The van der Waals surface area contributed by atoms with Gasteiger partial charge < -0.3 is 4.74 Å². The molecule has 0 saturated heterocycles. The van der Waals surface area contributed by atoms with E-state index in [-0.39, 0.29) is 12.1 Å². The number of benzene rings is 1. The molecule has 3 N–H and O–H groups in total. The van der Waals surface area contributed by atoms with Crippen LogP contribution in [0, 0.1) is 5.92 Å². The number of rotatable bonds is 7. The van der Waals surface area contributed by atoms with Crippen molar-refractivity contribution in [3.63, 3.8) is 0 Å². The lowest BCUT2D eigenvalue weighted by molar-refractivity contribution is 0.00356. The molecule has 0 aliphatic carbocycles. The predicted octanol–water partition coefficient (Wildman–Crippen LogP) is 2.78. The Hall–Kier alpha value is -0.610. The average molecular weight is 271 g/mol. The number of hydrogen-bond acceptors (Lipinski definition) is 3. The van der Waals surface area contributed by atoms with Gasteiger partial charge in [0.05, 0.1) is 12.1 Å². The van der Waals surface area contributed by atoms with Crippen LogP contribution in [0.2, 0.25) is 5.02 Å². The fourth-order valence-corrected chi connectivity index (χ4v) is 2.35. The number of hydrazine groups is 1. The molecule has 3 nitrogen and oxygen atoms in total. The Labute approximate surface area is 115 Å². The molecule has 0 spiro atoms. The minimum atomic E-state index is 0.0600. The molecule has 0 radical (unpaired) electrons. The number of hydrogen-bond donors (Lipinski definition) is 2. The highest BCUT2D eigenvalue weighted by Gasteiger charge is 2.24. The molecule has 0 bridgehead atoms. The second-order valence-electron chi connectivity index (χ2n) is 4.73. The smallest absolute Gasteiger partial charge is 0.0767 e. The van der Waals surface area contributed by atoms with Crippen LogP contribution in [-0.4, -0.2) is 18.8 Å². The van der Waals surface area contributed by atoms with Gasteiger partial charge in [-0.15, -0.1) is 0 Å². The molecule has 0 amide bonds. The third-order valence-electron chi connectivity index (χ3n) is 3.02. The molecule has 2 unspecified atom stereocenters. The van der Waals surface area contributed by atoms with E-state index in [1.807, 2.05) is 31.2 Å². The molecule has 1 aromatic rings. The topological polar surface area (TPSA) is 47.3 Å². The maximum Gasteiger partial charge on any atom is 0.0767 e. The Kier molecular flexibility index (Phi) is 6.65. The largest absolute Gasteiger partial charge is 0.377 e. The van der Waals surface area contributed by atoms with Crippen LogP contribution in [0.15, 0.2) is 24.3 Å². The second kappa shape index (κ2) is 7.74. The molecule has 0 aliphatic heterocycles. The van der Waals surface area contributed by atoms with Crippen LogP contribution < -0.4 is 11.3 Å². The van der Waals surface area contributed by atoms with Gasteiger partial charge in [-0.25, -0.2) is 0 Å². The van der Waals surface area contributed by atoms with Crippen molar-refractivity contribution in [1.82, 2.24) is 5.43 Å². The summed E-state index contributed by atoms with van der Waals surface area (Å²) >= 11 is 6.18. The van der Waals surface area contributed by atoms with Gasteiger partial charge in [-0.1, -0.05) is 43.6 Å². The van der Waals surface area contributed by atoms with Gasteiger partial charge in [-0.2, -0.15) is 0 Å². The zero-order chi connectivity index (χ0) is 13.5. The van der Waals surface area contributed by atoms with E-state index in [1.54, 1.807) is 0 Å². The van der Waals surface area contributed by atoms with Crippen molar-refractivity contribution < 1.29 is 4.74 Å². The van der Waals surface area contributed by atoms with Crippen LogP contribution in [0.1, 0.15) is 26.3 Å². The molecular formula is C14H23ClN2O. The first-order chi connectivity index (χ1) is 8.60. The first-order valence-electron chi connectivity index (χ1n) is 6.41. The highest BCUT2D eigenvalue weighted by Crippen LogP contribution is 2.20. The van der Waals surface area contributed by atoms with Crippen molar-refractivity contribution in [2.75, 3.05) is 6.61 Å². The Morgan fingerprint density at radius 3 is 2.50 bits per heavy atom. The van der Waals surface area contributed by atoms with E-state index in [0.717, 1.165) is 17.0 Å². The standard InChI is InChI=1S/C14H23ClN2O/c1-4-18-14(10(2)3)13(17-16)9-11-7-5-6-8-12(11)15/h5-8,10,13-14,17H,4,9,16H2,1-3H3. The number of ether oxygens (including phenoxy) is 1. The van der Waals surface area contributed by atoms with Crippen molar-refractivity contribution in [2.24, 2.45) is 11.8 Å². The summed E-state index contributed by atoms with van der Waals surface area (Å²) in [6.07, 6.45) is 0.843. The van der Waals surface area contributed by atoms with Crippen molar-refractivity contribution in [1.29, 1.82) is 0 Å². The van der Waals surface area contributed by atoms with E-state index in [0.29, 0.717) is 12.5 Å². The van der Waals surface area contributed by atoms with Crippen LogP contribution in [0.5, 0.6) is 0 Å². The first-order valence-corrected chi connectivity index (χ1v) is 6.79. The summed E-state index contributed by atoms with van der Waals surface area (Å²) in [4.78, 5) is 0. The Morgan fingerprint density at radius 2 is 2.00 bits per heavy atom. The molecule has 0 heterocycles. The third kappa shape index (κ3) is 4.25. The van der Waals surface area contributed by atoms with Gasteiger partial charge >= 0.3 is 0 Å². The summed E-state index contributed by atoms with van der Waals surface area (Å²) < 4.78 is 5.78. The number of halogens is 1. The van der Waals surface area contributed by atoms with Gasteiger partial charge in [-0.05, 0) is 30.9 Å². The monoisotopic (exact) mass is 270 g/mol. The van der Waals surface area contributed by atoms with E-state index >= 15 is 0 Å². The van der Waals surface area contributed by atoms with E-state index in [2.05, 4.69) is 19.3 Å². The summed E-state index contributed by atoms with van der Waals surface area (Å²) in [5, 5.41) is 0.775. The van der Waals surface area contributed by atoms with Gasteiger partial charge in [0.15, 0.2) is 0 Å². The molecule has 2 atom stereocenters. The first kappa shape index (κ1) is 15.4. The Bertz CT molecular complexity index is 357. The molecule has 4 heteroatoms. The SMILES string of the molecule is CCOC(C(C)C)C(Cc1ccccc1Cl)NN. The minimum absolute atomic E-state index is 0.0600. The highest BCUT2D eigenvalue weighted by molar-refractivity contribution is 6.31. The van der Waals surface area contributed by atoms with Crippen LogP contribution >= 0.6 is 11.6 Å². The normalized spacial score (nSPS) is 14.8. The molecule has 18 heavy (non-hydrogen) atoms. The number of nitrogens with two attached hydrogens (primary N) is 1. The van der Waals surface area contributed by atoms with Crippen molar-refractivity contribution in [2.45, 2.75) is 39.3 Å². The molecule has 0 fully saturated rings. The molecule has 1 rings (SSSR count). The molecule has 0 saturated carbocycles. The van der Waals surface area contributed by atoms with Crippen LogP contribution in [0.25, 0.3) is 0 Å². The maximum atomic E-state index is 6.18. The zero-order valence-corrected chi connectivity index (χ0v) is 12.1. The predicted molar refractivity (Wildman–Crippen MR) is 76.5 cm³/mol. The van der Waals surface area contributed by atoms with Crippen molar-refractivity contribution >= 4 is 11.6 Å². The molecule has 102 valence electrons. The van der Waals surface area contributed by atoms with Crippen LogP contribution in [0.4, 0.5) is 0 Å². The van der Waals surface area contributed by atoms with Crippen LogP contribution in [0.3, 0.4) is 0 Å². The van der Waals surface area contributed by atoms with Gasteiger partial charge in [0.1, 0.15) is 0 Å². The lowest BCUT2D eigenvalue weighted by Gasteiger charge is -2.29. The minimum Gasteiger partial charge on any atom is -0.377 e. The lowest BCUT2D eigenvalue weighted by atomic mass is 9.94. The Morgan fingerprint density at radius 1 is 1.33 bits per heavy atom. The zero-order valence-electron chi connectivity index (χ0n) is 11.3. The molecule has 0 aliphatic rings. The average Bonchev–Trinajstić information content (AvgIpc) is 2.35. The quantitative estimate of drug-likeness (QED) is 0.592. The van der Waals surface area contributed by atoms with E-state index < -0.39 is 0 Å². The van der Waals surface area contributed by atoms with Gasteiger partial charge in [0.25, 0.3) is 0 Å². The van der Waals surface area contributed by atoms with Gasteiger partial charge in [0.2, 0.25) is 0 Å². The van der Waals surface area contributed by atoms with Crippen LogP contribution in [-0.2, 0) is 11.2 Å². The van der Waals surface area contributed by atoms with E-state index in [1.165, 1.54) is 0 Å². The van der Waals surface area contributed by atoms with Gasteiger partial charge in [0, 0.05) is 11.6 Å². The fraction of sp³-hybridized carbons (Fsp3) is 0.571. The summed E-state index contributed by atoms with van der Waals surface area (Å²) in [5.41, 5.74) is 3.95. The second-order valence-corrected chi connectivity index (χ2v) is 5.14. The van der Waals surface area contributed by atoms with Crippen molar-refractivity contribution in [3.05, 3.63) is 34.9 Å². The highest BCUT2D eigenvalue weighted by atomic mass is 35.5. The lowest BCUT2D eigenvalue weighted by Crippen LogP contribution is -2.49.